The second-order valence-electron chi connectivity index (χ2n) is 10.4. The molecule has 1 heterocycles. The lowest BCUT2D eigenvalue weighted by Gasteiger charge is -2.42. The van der Waals surface area contributed by atoms with E-state index in [1.807, 2.05) is 20.8 Å². The maximum absolute atomic E-state index is 13.4. The Morgan fingerprint density at radius 1 is 1.19 bits per heavy atom. The average molecular weight is 426 g/mol. The quantitative estimate of drug-likeness (QED) is 0.723. The first kappa shape index (κ1) is 22.8. The summed E-state index contributed by atoms with van der Waals surface area (Å²) in [5, 5.41) is 27.9. The van der Waals surface area contributed by atoms with Crippen LogP contribution < -0.4 is 4.74 Å². The largest absolute Gasteiger partial charge is 0.471 e. The number of aromatic amines is 1. The number of nitriles is 1. The van der Waals surface area contributed by atoms with Crippen molar-refractivity contribution < 1.29 is 19.4 Å². The number of ether oxygens (including phenoxy) is 2. The number of rotatable bonds is 3. The molecule has 1 aromatic heterocycles. The van der Waals surface area contributed by atoms with E-state index in [1.165, 1.54) is 0 Å². The minimum Gasteiger partial charge on any atom is -0.471 e. The molecule has 1 aliphatic rings. The molecule has 0 fully saturated rings. The van der Waals surface area contributed by atoms with Crippen molar-refractivity contribution in [3.05, 3.63) is 46.6 Å². The number of aliphatic hydroxyl groups is 1. The molecule has 0 unspecified atom stereocenters. The molecule has 166 valence electrons. The van der Waals surface area contributed by atoms with E-state index in [-0.39, 0.29) is 6.42 Å². The summed E-state index contributed by atoms with van der Waals surface area (Å²) in [6.45, 7) is 12.8. The standard InChI is InChI=1S/C24H31N3O4/c1-22(2,3)30-20-18-16(26-27-20)12-24(7,29)19(21(28)31-23(4,5)6)17(18)15-10-8-14(13-25)9-11-15/h8-11,17,19,29H,12H2,1-7H3,(H,26,27)/t17-,19-,24-/m0/s1. The number of H-pyrrole nitrogens is 1. The van der Waals surface area contributed by atoms with Crippen LogP contribution >= 0.6 is 0 Å². The van der Waals surface area contributed by atoms with E-state index in [9.17, 15) is 15.2 Å². The summed E-state index contributed by atoms with van der Waals surface area (Å²) in [6, 6.07) is 9.13. The number of hydrogen-bond acceptors (Lipinski definition) is 6. The van der Waals surface area contributed by atoms with Crippen LogP contribution in [-0.2, 0) is 16.0 Å². The van der Waals surface area contributed by atoms with Crippen molar-refractivity contribution in [1.82, 2.24) is 10.2 Å². The third kappa shape index (κ3) is 4.91. The third-order valence-electron chi connectivity index (χ3n) is 5.16. The zero-order valence-corrected chi connectivity index (χ0v) is 19.2. The van der Waals surface area contributed by atoms with Crippen LogP contribution in [0.2, 0.25) is 0 Å². The fourth-order valence-corrected chi connectivity index (χ4v) is 4.06. The number of carbonyl (C=O) groups is 1. The highest BCUT2D eigenvalue weighted by Crippen LogP contribution is 2.49. The Morgan fingerprint density at radius 3 is 2.32 bits per heavy atom. The first-order valence-corrected chi connectivity index (χ1v) is 10.4. The summed E-state index contributed by atoms with van der Waals surface area (Å²) >= 11 is 0. The predicted molar refractivity (Wildman–Crippen MR) is 116 cm³/mol. The highest BCUT2D eigenvalue weighted by atomic mass is 16.6. The van der Waals surface area contributed by atoms with Crippen LogP contribution in [0.15, 0.2) is 24.3 Å². The first-order chi connectivity index (χ1) is 14.2. The van der Waals surface area contributed by atoms with Gasteiger partial charge >= 0.3 is 5.97 Å². The number of nitrogens with one attached hydrogen (secondary N) is 1. The summed E-state index contributed by atoms with van der Waals surface area (Å²) in [5.41, 5.74) is 0.165. The molecule has 1 aromatic carbocycles. The summed E-state index contributed by atoms with van der Waals surface area (Å²) < 4.78 is 11.8. The maximum atomic E-state index is 13.4. The van der Waals surface area contributed by atoms with Gasteiger partial charge in [-0.2, -0.15) is 5.26 Å². The molecule has 0 amide bonds. The number of hydrogen-bond donors (Lipinski definition) is 2. The van der Waals surface area contributed by atoms with Crippen LogP contribution in [-0.4, -0.2) is 38.1 Å². The molecule has 0 spiro atoms. The van der Waals surface area contributed by atoms with Gasteiger partial charge in [-0.15, -0.1) is 5.10 Å². The molecule has 7 nitrogen and oxygen atoms in total. The molecule has 31 heavy (non-hydrogen) atoms. The van der Waals surface area contributed by atoms with Crippen molar-refractivity contribution in [3.8, 4) is 11.9 Å². The Hall–Kier alpha value is -2.85. The molecule has 7 heteroatoms. The van der Waals surface area contributed by atoms with Gasteiger partial charge in [0.15, 0.2) is 0 Å². The van der Waals surface area contributed by atoms with Crippen molar-refractivity contribution in [2.75, 3.05) is 0 Å². The van der Waals surface area contributed by atoms with Crippen molar-refractivity contribution in [3.63, 3.8) is 0 Å². The van der Waals surface area contributed by atoms with Crippen LogP contribution in [0, 0.1) is 17.2 Å². The number of fused-ring (bicyclic) bond motifs is 1. The number of carbonyl (C=O) groups excluding carboxylic acids is 1. The zero-order valence-electron chi connectivity index (χ0n) is 19.2. The summed E-state index contributed by atoms with van der Waals surface area (Å²) in [5.74, 6) is -1.52. The van der Waals surface area contributed by atoms with Crippen LogP contribution in [0.3, 0.4) is 0 Å². The molecule has 0 saturated heterocycles. The Labute approximate surface area is 183 Å². The van der Waals surface area contributed by atoms with Gasteiger partial charge in [0.25, 0.3) is 0 Å². The van der Waals surface area contributed by atoms with E-state index in [2.05, 4.69) is 16.3 Å². The van der Waals surface area contributed by atoms with Crippen LogP contribution in [0.4, 0.5) is 0 Å². The minimum absolute atomic E-state index is 0.208. The topological polar surface area (TPSA) is 108 Å². The molecule has 0 aliphatic heterocycles. The van der Waals surface area contributed by atoms with E-state index >= 15 is 0 Å². The lowest BCUT2D eigenvalue weighted by molar-refractivity contribution is -0.171. The SMILES string of the molecule is CC(C)(C)OC(=O)[C@@H]1[C@@H](c2ccc(C#N)cc2)c2c(OC(C)(C)C)n[nH]c2C[C@]1(C)O. The number of esters is 1. The van der Waals surface area contributed by atoms with Gasteiger partial charge in [-0.3, -0.25) is 9.89 Å². The third-order valence-corrected chi connectivity index (χ3v) is 5.16. The minimum atomic E-state index is -1.38. The van der Waals surface area contributed by atoms with Crippen molar-refractivity contribution in [1.29, 1.82) is 5.26 Å². The molecule has 0 bridgehead atoms. The monoisotopic (exact) mass is 425 g/mol. The van der Waals surface area contributed by atoms with Gasteiger partial charge in [-0.1, -0.05) is 12.1 Å². The highest BCUT2D eigenvalue weighted by Gasteiger charge is 2.52. The number of aromatic nitrogens is 2. The molecule has 2 N–H and O–H groups in total. The average Bonchev–Trinajstić information content (AvgIpc) is 2.98. The molecule has 3 atom stereocenters. The highest BCUT2D eigenvalue weighted by molar-refractivity contribution is 5.78. The molecular weight excluding hydrogens is 394 g/mol. The van der Waals surface area contributed by atoms with Crippen molar-refractivity contribution in [2.45, 2.75) is 77.6 Å². The van der Waals surface area contributed by atoms with Crippen molar-refractivity contribution >= 4 is 5.97 Å². The normalized spacial score (nSPS) is 23.6. The predicted octanol–water partition coefficient (Wildman–Crippen LogP) is 3.86. The smallest absolute Gasteiger partial charge is 0.313 e. The Kier molecular flexibility index (Phi) is 5.66. The Bertz CT molecular complexity index is 1000. The molecular formula is C24H31N3O4. The Balaban J connectivity index is 2.20. The maximum Gasteiger partial charge on any atom is 0.313 e. The summed E-state index contributed by atoms with van der Waals surface area (Å²) in [7, 11) is 0. The fraction of sp³-hybridized carbons (Fsp3) is 0.542. The van der Waals surface area contributed by atoms with Crippen LogP contribution in [0.1, 0.15) is 76.8 Å². The van der Waals surface area contributed by atoms with E-state index in [4.69, 9.17) is 9.47 Å². The fourth-order valence-electron chi connectivity index (χ4n) is 4.06. The van der Waals surface area contributed by atoms with Gasteiger partial charge < -0.3 is 14.6 Å². The summed E-state index contributed by atoms with van der Waals surface area (Å²) in [4.78, 5) is 13.4. The van der Waals surface area contributed by atoms with Gasteiger partial charge in [-0.25, -0.2) is 0 Å². The van der Waals surface area contributed by atoms with Crippen LogP contribution in [0.25, 0.3) is 0 Å². The Morgan fingerprint density at radius 2 is 1.81 bits per heavy atom. The lowest BCUT2D eigenvalue weighted by Crippen LogP contribution is -2.50. The van der Waals surface area contributed by atoms with E-state index < -0.39 is 34.6 Å². The first-order valence-electron chi connectivity index (χ1n) is 10.4. The second kappa shape index (κ2) is 7.69. The van der Waals surface area contributed by atoms with Gasteiger partial charge in [-0.05, 0) is 66.2 Å². The van der Waals surface area contributed by atoms with Crippen LogP contribution in [0.5, 0.6) is 5.88 Å². The molecule has 0 radical (unpaired) electrons. The number of benzene rings is 1. The van der Waals surface area contributed by atoms with E-state index in [0.717, 1.165) is 16.8 Å². The van der Waals surface area contributed by atoms with Gasteiger partial charge in [0.1, 0.15) is 11.2 Å². The summed E-state index contributed by atoms with van der Waals surface area (Å²) in [6.07, 6.45) is 0.208. The van der Waals surface area contributed by atoms with E-state index in [1.54, 1.807) is 52.0 Å². The molecule has 0 saturated carbocycles. The van der Waals surface area contributed by atoms with Gasteiger partial charge in [0, 0.05) is 23.6 Å². The molecule has 3 rings (SSSR count). The van der Waals surface area contributed by atoms with Gasteiger partial charge in [0.2, 0.25) is 5.88 Å². The number of nitrogens with zero attached hydrogens (tertiary/aromatic N) is 2. The van der Waals surface area contributed by atoms with Gasteiger partial charge in [0.05, 0.1) is 23.2 Å². The lowest BCUT2D eigenvalue weighted by atomic mass is 9.66. The van der Waals surface area contributed by atoms with Crippen molar-refractivity contribution in [2.24, 2.45) is 5.92 Å². The molecule has 1 aliphatic carbocycles. The van der Waals surface area contributed by atoms with E-state index in [0.29, 0.717) is 11.4 Å². The second-order valence-corrected chi connectivity index (χ2v) is 10.4. The zero-order chi connectivity index (χ0) is 23.2. The molecule has 2 aromatic rings.